The van der Waals surface area contributed by atoms with E-state index in [9.17, 15) is 14.4 Å². The number of nitrogens with zero attached hydrogens (tertiary/aromatic N) is 1. The summed E-state index contributed by atoms with van der Waals surface area (Å²) in [6.07, 6.45) is 6.21. The van der Waals surface area contributed by atoms with Gasteiger partial charge in [-0.15, -0.1) is 0 Å². The lowest BCUT2D eigenvalue weighted by Gasteiger charge is -2.33. The predicted octanol–water partition coefficient (Wildman–Crippen LogP) is 4.21. The average molecular weight is 567 g/mol. The van der Waals surface area contributed by atoms with E-state index in [-0.39, 0.29) is 35.3 Å². The first-order valence-electron chi connectivity index (χ1n) is 14.2. The Morgan fingerprint density at radius 3 is 2.38 bits per heavy atom. The van der Waals surface area contributed by atoms with Gasteiger partial charge in [0.2, 0.25) is 6.79 Å². The van der Waals surface area contributed by atoms with E-state index in [1.807, 2.05) is 13.8 Å². The first-order chi connectivity index (χ1) is 19.1. The molecule has 1 fully saturated rings. The number of pyridine rings is 1. The number of hydrogen-bond acceptors (Lipinski definition) is 10. The van der Waals surface area contributed by atoms with E-state index < -0.39 is 42.9 Å². The molecule has 11 heteroatoms. The van der Waals surface area contributed by atoms with Crippen LogP contribution in [0.25, 0.3) is 0 Å². The first kappa shape index (κ1) is 33.3. The molecule has 0 bridgehead atoms. The fourth-order valence-corrected chi connectivity index (χ4v) is 4.36. The number of carbonyl (C=O) groups is 3. The van der Waals surface area contributed by atoms with Crippen LogP contribution in [0.1, 0.15) is 90.6 Å². The highest BCUT2D eigenvalue weighted by Crippen LogP contribution is 2.30. The molecule has 0 radical (unpaired) electrons. The number of hydrogen-bond donors (Lipinski definition) is 1. The quantitative estimate of drug-likeness (QED) is 0.216. The molecular formula is C29H46N2O9. The van der Waals surface area contributed by atoms with Crippen molar-refractivity contribution in [3.05, 3.63) is 18.0 Å². The molecule has 4 atom stereocenters. The van der Waals surface area contributed by atoms with Gasteiger partial charge in [-0.2, -0.15) is 0 Å². The summed E-state index contributed by atoms with van der Waals surface area (Å²) >= 11 is 0. The molecule has 1 aliphatic rings. The van der Waals surface area contributed by atoms with Crippen LogP contribution in [0.4, 0.5) is 0 Å². The maximum atomic E-state index is 13.1. The Labute approximate surface area is 237 Å². The van der Waals surface area contributed by atoms with E-state index in [2.05, 4.69) is 10.3 Å². The van der Waals surface area contributed by atoms with Crippen LogP contribution in [0.2, 0.25) is 0 Å². The highest BCUT2D eigenvalue weighted by Gasteiger charge is 2.34. The van der Waals surface area contributed by atoms with Gasteiger partial charge < -0.3 is 33.7 Å². The number of nitrogens with one attached hydrogen (secondary N) is 1. The Balaban J connectivity index is 2.06. The molecule has 1 N–H and O–H groups in total. The molecule has 1 heterocycles. The number of aromatic nitrogens is 1. The number of rotatable bonds is 17. The molecule has 226 valence electrons. The van der Waals surface area contributed by atoms with Gasteiger partial charge in [-0.3, -0.25) is 9.59 Å². The van der Waals surface area contributed by atoms with Crippen molar-refractivity contribution in [3.63, 3.8) is 0 Å². The Kier molecular flexibility index (Phi) is 14.2. The van der Waals surface area contributed by atoms with Gasteiger partial charge in [0, 0.05) is 18.9 Å². The van der Waals surface area contributed by atoms with Gasteiger partial charge in [0.1, 0.15) is 18.2 Å². The zero-order chi connectivity index (χ0) is 29.7. The zero-order valence-corrected chi connectivity index (χ0v) is 24.9. The lowest BCUT2D eigenvalue weighted by Crippen LogP contribution is -2.46. The Morgan fingerprint density at radius 1 is 1.07 bits per heavy atom. The van der Waals surface area contributed by atoms with Crippen LogP contribution in [-0.4, -0.2) is 73.8 Å². The number of carbonyl (C=O) groups excluding carboxylic acids is 3. The summed E-state index contributed by atoms with van der Waals surface area (Å²) < 4.78 is 34.1. The van der Waals surface area contributed by atoms with Crippen LogP contribution in [0.3, 0.4) is 0 Å². The van der Waals surface area contributed by atoms with Crippen molar-refractivity contribution in [2.75, 3.05) is 20.5 Å². The monoisotopic (exact) mass is 566 g/mol. The van der Waals surface area contributed by atoms with Crippen LogP contribution in [-0.2, 0) is 28.5 Å². The van der Waals surface area contributed by atoms with Crippen LogP contribution in [0.15, 0.2) is 12.3 Å². The molecule has 1 saturated carbocycles. The Bertz CT molecular complexity index is 949. The normalized spacial score (nSPS) is 16.6. The molecule has 0 spiro atoms. The highest BCUT2D eigenvalue weighted by molar-refractivity contribution is 5.98. The van der Waals surface area contributed by atoms with Crippen molar-refractivity contribution >= 4 is 17.8 Å². The van der Waals surface area contributed by atoms with Crippen LogP contribution < -0.4 is 14.8 Å². The van der Waals surface area contributed by atoms with Crippen molar-refractivity contribution in [1.82, 2.24) is 10.3 Å². The van der Waals surface area contributed by atoms with Crippen molar-refractivity contribution < 1.29 is 42.8 Å². The van der Waals surface area contributed by atoms with E-state index >= 15 is 0 Å². The maximum absolute atomic E-state index is 13.1. The van der Waals surface area contributed by atoms with E-state index in [1.54, 1.807) is 20.8 Å². The molecule has 0 aromatic carbocycles. The Hall–Kier alpha value is -2.92. The molecule has 0 unspecified atom stereocenters. The van der Waals surface area contributed by atoms with Crippen molar-refractivity contribution in [2.45, 2.75) is 111 Å². The standard InChI is InChI=1S/C29H46N2O9/c1-8-16-36-25(22(9-2)40-21-12-10-11-13-21)20(6)39-29(34)19(5)31-27(32)24-26(23(35-7)14-15-30-24)37-17-38-28(33)18(3)4/h14-15,18-22,25H,8-13,16-17H2,1-7H3,(H,31,32)/t19-,20-,22-,25-/m0/s1. The van der Waals surface area contributed by atoms with Crippen molar-refractivity contribution in [2.24, 2.45) is 5.92 Å². The van der Waals surface area contributed by atoms with Gasteiger partial charge in [-0.1, -0.05) is 40.5 Å². The minimum absolute atomic E-state index is 0.0177. The molecule has 1 amide bonds. The highest BCUT2D eigenvalue weighted by atomic mass is 16.7. The van der Waals surface area contributed by atoms with Crippen molar-refractivity contribution in [1.29, 1.82) is 0 Å². The Morgan fingerprint density at radius 2 is 1.77 bits per heavy atom. The smallest absolute Gasteiger partial charge is 0.328 e. The second-order valence-corrected chi connectivity index (χ2v) is 10.2. The molecule has 11 nitrogen and oxygen atoms in total. The molecule has 1 aromatic heterocycles. The zero-order valence-electron chi connectivity index (χ0n) is 24.9. The molecule has 40 heavy (non-hydrogen) atoms. The minimum Gasteiger partial charge on any atom is -0.493 e. The second-order valence-electron chi connectivity index (χ2n) is 10.2. The first-order valence-corrected chi connectivity index (χ1v) is 14.2. The third kappa shape index (κ3) is 9.92. The summed E-state index contributed by atoms with van der Waals surface area (Å²) in [4.78, 5) is 42.0. The topological polar surface area (TPSA) is 132 Å². The van der Waals surface area contributed by atoms with Gasteiger partial charge in [0.05, 0.1) is 25.2 Å². The third-order valence-electron chi connectivity index (χ3n) is 6.60. The van der Waals surface area contributed by atoms with E-state index in [4.69, 9.17) is 28.4 Å². The summed E-state index contributed by atoms with van der Waals surface area (Å²) in [5.74, 6) is -1.91. The van der Waals surface area contributed by atoms with E-state index in [0.29, 0.717) is 6.61 Å². The fourth-order valence-electron chi connectivity index (χ4n) is 4.36. The summed E-state index contributed by atoms with van der Waals surface area (Å²) in [5, 5.41) is 2.60. The van der Waals surface area contributed by atoms with Gasteiger partial charge in [0.25, 0.3) is 5.91 Å². The fraction of sp³-hybridized carbons (Fsp3) is 0.724. The number of amides is 1. The summed E-state index contributed by atoms with van der Waals surface area (Å²) in [5.41, 5.74) is -0.132. The third-order valence-corrected chi connectivity index (χ3v) is 6.60. The SMILES string of the molecule is CCCO[C@@H]([C@H](C)OC(=O)[C@H](C)NC(=O)c1nccc(OC)c1OCOC(=O)C(C)C)[C@H](CC)OC1CCCC1. The largest absolute Gasteiger partial charge is 0.493 e. The summed E-state index contributed by atoms with van der Waals surface area (Å²) in [6, 6.07) is 0.501. The number of ether oxygens (including phenoxy) is 6. The molecule has 0 aliphatic heterocycles. The summed E-state index contributed by atoms with van der Waals surface area (Å²) in [6.45, 7) is 10.8. The number of methoxy groups -OCH3 is 1. The molecule has 1 aromatic rings. The maximum Gasteiger partial charge on any atom is 0.328 e. The van der Waals surface area contributed by atoms with Crippen molar-refractivity contribution in [3.8, 4) is 11.5 Å². The lowest BCUT2D eigenvalue weighted by atomic mass is 10.1. The van der Waals surface area contributed by atoms with Crippen LogP contribution >= 0.6 is 0 Å². The average Bonchev–Trinajstić information content (AvgIpc) is 3.45. The molecule has 1 aliphatic carbocycles. The van der Waals surface area contributed by atoms with Gasteiger partial charge in [-0.05, 0) is 39.5 Å². The van der Waals surface area contributed by atoms with Gasteiger partial charge >= 0.3 is 11.9 Å². The van der Waals surface area contributed by atoms with E-state index in [0.717, 1.165) is 38.5 Å². The van der Waals surface area contributed by atoms with E-state index in [1.165, 1.54) is 26.3 Å². The van der Waals surface area contributed by atoms with Crippen LogP contribution in [0, 0.1) is 5.92 Å². The van der Waals surface area contributed by atoms with Crippen LogP contribution in [0.5, 0.6) is 11.5 Å². The second kappa shape index (κ2) is 17.0. The summed E-state index contributed by atoms with van der Waals surface area (Å²) in [7, 11) is 1.41. The number of esters is 2. The van der Waals surface area contributed by atoms with Gasteiger partial charge in [-0.25, -0.2) is 9.78 Å². The predicted molar refractivity (Wildman–Crippen MR) is 147 cm³/mol. The van der Waals surface area contributed by atoms with Gasteiger partial charge in [0.15, 0.2) is 17.2 Å². The molecule has 0 saturated heterocycles. The minimum atomic E-state index is -1.00. The molecule has 2 rings (SSSR count). The molecular weight excluding hydrogens is 520 g/mol. The lowest BCUT2D eigenvalue weighted by molar-refractivity contribution is -0.173.